The summed E-state index contributed by atoms with van der Waals surface area (Å²) in [7, 11) is -3.91. The molecule has 0 saturated heterocycles. The molecule has 0 spiro atoms. The minimum atomic E-state index is -3.91. The number of thioether (sulfide) groups is 1. The Hall–Kier alpha value is -4.19. The molecule has 0 aromatic heterocycles. The molecule has 2 amide bonds. The van der Waals surface area contributed by atoms with Crippen LogP contribution in [-0.2, 0) is 38.3 Å². The number of nitrogens with two attached hydrogens (primary N) is 1. The first-order valence-electron chi connectivity index (χ1n) is 14.2. The summed E-state index contributed by atoms with van der Waals surface area (Å²) in [5.41, 5.74) is 8.29. The Balaban J connectivity index is 1.52. The molecule has 11 heteroatoms. The highest BCUT2D eigenvalue weighted by molar-refractivity contribution is 7.98. The SMILES string of the molecule is CSCCC(NC(=O)C(Cc1ccc2ccccc2c1)NS(=O)(=O)Cc1ccccc1)C(=O)NCc1ccc(C(=N)N)cc1. The normalized spacial score (nSPS) is 12.8. The topological polar surface area (TPSA) is 154 Å². The number of hydrogen-bond acceptors (Lipinski definition) is 6. The third-order valence-electron chi connectivity index (χ3n) is 7.07. The summed E-state index contributed by atoms with van der Waals surface area (Å²) >= 11 is 1.54. The molecule has 0 radical (unpaired) electrons. The minimum Gasteiger partial charge on any atom is -0.384 e. The Morgan fingerprint density at radius 1 is 0.818 bits per heavy atom. The number of fused-ring (bicyclic) bond motifs is 1. The second-order valence-corrected chi connectivity index (χ2v) is 13.2. The van der Waals surface area contributed by atoms with E-state index in [2.05, 4.69) is 15.4 Å². The van der Waals surface area contributed by atoms with Crippen molar-refractivity contribution in [1.29, 1.82) is 5.41 Å². The van der Waals surface area contributed by atoms with Gasteiger partial charge < -0.3 is 16.4 Å². The lowest BCUT2D eigenvalue weighted by Gasteiger charge is -2.23. The van der Waals surface area contributed by atoms with Crippen LogP contribution in [-0.4, -0.2) is 50.2 Å². The molecular weight excluding hydrogens is 595 g/mol. The number of amidine groups is 1. The van der Waals surface area contributed by atoms with Gasteiger partial charge in [0.1, 0.15) is 17.9 Å². The summed E-state index contributed by atoms with van der Waals surface area (Å²) < 4.78 is 29.1. The molecule has 6 N–H and O–H groups in total. The molecule has 2 atom stereocenters. The molecule has 0 aliphatic heterocycles. The van der Waals surface area contributed by atoms with Gasteiger partial charge in [-0.25, -0.2) is 13.1 Å². The van der Waals surface area contributed by atoms with Crippen LogP contribution in [0.15, 0.2) is 97.1 Å². The number of carbonyl (C=O) groups excluding carboxylic acids is 2. The quantitative estimate of drug-likeness (QED) is 0.0996. The molecule has 230 valence electrons. The van der Waals surface area contributed by atoms with E-state index < -0.39 is 28.0 Å². The Morgan fingerprint density at radius 2 is 1.48 bits per heavy atom. The van der Waals surface area contributed by atoms with Crippen LogP contribution in [0, 0.1) is 5.41 Å². The van der Waals surface area contributed by atoms with E-state index in [1.54, 1.807) is 66.4 Å². The summed E-state index contributed by atoms with van der Waals surface area (Å²) in [5, 5.41) is 15.2. The zero-order valence-electron chi connectivity index (χ0n) is 24.5. The second kappa shape index (κ2) is 15.5. The number of benzene rings is 4. The second-order valence-electron chi connectivity index (χ2n) is 10.5. The molecule has 0 aliphatic carbocycles. The lowest BCUT2D eigenvalue weighted by Crippen LogP contribution is -2.54. The Kier molecular flexibility index (Phi) is 11.5. The molecule has 0 fully saturated rings. The van der Waals surface area contributed by atoms with Crippen LogP contribution in [0.5, 0.6) is 0 Å². The van der Waals surface area contributed by atoms with Crippen molar-refractivity contribution in [2.75, 3.05) is 12.0 Å². The lowest BCUT2D eigenvalue weighted by molar-refractivity contribution is -0.129. The average Bonchev–Trinajstić information content (AvgIpc) is 3.01. The standard InChI is InChI=1S/C33H37N5O4S2/c1-43-18-17-29(32(39)36-21-23-11-15-27(16-12-23)31(34)35)37-33(40)30(38-44(41,42)22-24-7-3-2-4-8-24)20-25-13-14-26-9-5-6-10-28(26)19-25/h2-16,19,29-30,38H,17-18,20-22H2,1H3,(H3,34,35)(H,36,39)(H,37,40). The van der Waals surface area contributed by atoms with Crippen LogP contribution in [0.4, 0.5) is 0 Å². The number of sulfonamides is 1. The van der Waals surface area contributed by atoms with Gasteiger partial charge in [0, 0.05) is 12.1 Å². The molecule has 0 aliphatic rings. The molecule has 0 saturated carbocycles. The zero-order valence-corrected chi connectivity index (χ0v) is 26.1. The first kappa shape index (κ1) is 32.7. The van der Waals surface area contributed by atoms with Gasteiger partial charge in [0.05, 0.1) is 5.75 Å². The highest BCUT2D eigenvalue weighted by Gasteiger charge is 2.29. The third kappa shape index (κ3) is 9.66. The Morgan fingerprint density at radius 3 is 2.16 bits per heavy atom. The third-order valence-corrected chi connectivity index (χ3v) is 9.07. The van der Waals surface area contributed by atoms with Gasteiger partial charge in [0.25, 0.3) is 0 Å². The maximum atomic E-state index is 13.7. The largest absolute Gasteiger partial charge is 0.384 e. The summed E-state index contributed by atoms with van der Waals surface area (Å²) in [6, 6.07) is 27.3. The molecule has 44 heavy (non-hydrogen) atoms. The first-order valence-corrected chi connectivity index (χ1v) is 17.2. The number of amides is 2. The molecule has 2 unspecified atom stereocenters. The average molecular weight is 632 g/mol. The Labute approximate surface area is 262 Å². The molecule has 9 nitrogen and oxygen atoms in total. The summed E-state index contributed by atoms with van der Waals surface area (Å²) in [6.07, 6.45) is 2.37. The highest BCUT2D eigenvalue weighted by atomic mass is 32.2. The predicted molar refractivity (Wildman–Crippen MR) is 178 cm³/mol. The number of rotatable bonds is 15. The van der Waals surface area contributed by atoms with Crippen molar-refractivity contribution in [1.82, 2.24) is 15.4 Å². The monoisotopic (exact) mass is 631 g/mol. The molecule has 0 heterocycles. The van der Waals surface area contributed by atoms with Crippen LogP contribution in [0.1, 0.15) is 28.7 Å². The van der Waals surface area contributed by atoms with Gasteiger partial charge in [-0.15, -0.1) is 0 Å². The lowest BCUT2D eigenvalue weighted by atomic mass is 10.0. The summed E-state index contributed by atoms with van der Waals surface area (Å²) in [4.78, 5) is 27.0. The van der Waals surface area contributed by atoms with Gasteiger partial charge in [0.15, 0.2) is 0 Å². The van der Waals surface area contributed by atoms with Crippen molar-refractivity contribution in [3.05, 3.63) is 119 Å². The smallest absolute Gasteiger partial charge is 0.242 e. The van der Waals surface area contributed by atoms with Crippen LogP contribution in [0.3, 0.4) is 0 Å². The van der Waals surface area contributed by atoms with Gasteiger partial charge in [-0.05, 0) is 52.3 Å². The fourth-order valence-electron chi connectivity index (χ4n) is 4.73. The van der Waals surface area contributed by atoms with E-state index in [4.69, 9.17) is 11.1 Å². The van der Waals surface area contributed by atoms with Crippen molar-refractivity contribution in [2.45, 2.75) is 37.2 Å². The van der Waals surface area contributed by atoms with Crippen LogP contribution < -0.4 is 21.1 Å². The van der Waals surface area contributed by atoms with E-state index in [0.717, 1.165) is 21.9 Å². The molecule has 4 rings (SSSR count). The first-order chi connectivity index (χ1) is 21.1. The van der Waals surface area contributed by atoms with Crippen LogP contribution in [0.2, 0.25) is 0 Å². The predicted octanol–water partition coefficient (Wildman–Crippen LogP) is 3.71. The summed E-state index contributed by atoms with van der Waals surface area (Å²) in [5.74, 6) is -0.672. The van der Waals surface area contributed by atoms with Gasteiger partial charge in [-0.3, -0.25) is 15.0 Å². The summed E-state index contributed by atoms with van der Waals surface area (Å²) in [6.45, 7) is 0.215. The van der Waals surface area contributed by atoms with E-state index in [1.807, 2.05) is 48.7 Å². The van der Waals surface area contributed by atoms with Crippen molar-refractivity contribution >= 4 is 50.2 Å². The number of nitrogens with one attached hydrogen (secondary N) is 4. The van der Waals surface area contributed by atoms with Crippen molar-refractivity contribution in [3.8, 4) is 0 Å². The van der Waals surface area contributed by atoms with E-state index in [1.165, 1.54) is 0 Å². The molecular formula is C33H37N5O4S2. The molecule has 0 bridgehead atoms. The number of carbonyl (C=O) groups is 2. The maximum absolute atomic E-state index is 13.7. The van der Waals surface area contributed by atoms with Crippen LogP contribution in [0.25, 0.3) is 10.8 Å². The van der Waals surface area contributed by atoms with Gasteiger partial charge in [0.2, 0.25) is 21.8 Å². The maximum Gasteiger partial charge on any atom is 0.242 e. The van der Waals surface area contributed by atoms with Gasteiger partial charge >= 0.3 is 0 Å². The van der Waals surface area contributed by atoms with Gasteiger partial charge in [-0.2, -0.15) is 11.8 Å². The number of hydrogen-bond donors (Lipinski definition) is 5. The van der Waals surface area contributed by atoms with Crippen molar-refractivity contribution < 1.29 is 18.0 Å². The van der Waals surface area contributed by atoms with E-state index in [9.17, 15) is 18.0 Å². The van der Waals surface area contributed by atoms with E-state index in [-0.39, 0.29) is 30.5 Å². The zero-order chi connectivity index (χ0) is 31.5. The van der Waals surface area contributed by atoms with E-state index >= 15 is 0 Å². The fraction of sp³-hybridized carbons (Fsp3) is 0.242. The number of nitrogen functional groups attached to an aromatic ring is 1. The molecule has 4 aromatic rings. The minimum absolute atomic E-state index is 0.0435. The van der Waals surface area contributed by atoms with Crippen molar-refractivity contribution in [2.24, 2.45) is 5.73 Å². The highest BCUT2D eigenvalue weighted by Crippen LogP contribution is 2.18. The van der Waals surface area contributed by atoms with Gasteiger partial charge in [-0.1, -0.05) is 97.1 Å². The molecule has 4 aromatic carbocycles. The van der Waals surface area contributed by atoms with E-state index in [0.29, 0.717) is 23.3 Å². The van der Waals surface area contributed by atoms with Crippen molar-refractivity contribution in [3.63, 3.8) is 0 Å². The fourth-order valence-corrected chi connectivity index (χ4v) is 6.54. The van der Waals surface area contributed by atoms with Crippen LogP contribution >= 0.6 is 11.8 Å². The Bertz CT molecular complexity index is 1700.